The van der Waals surface area contributed by atoms with Gasteiger partial charge in [0.2, 0.25) is 0 Å². The molecule has 0 bridgehead atoms. The van der Waals surface area contributed by atoms with E-state index in [4.69, 9.17) is 9.98 Å². The molecule has 1 aromatic heterocycles. The average molecular weight is 647 g/mol. The molecule has 3 aliphatic heterocycles. The Bertz CT molecular complexity index is 2310. The van der Waals surface area contributed by atoms with Crippen LogP contribution in [0.25, 0.3) is 22.0 Å². The number of nitrogens with one attached hydrogen (secondary N) is 2. The van der Waals surface area contributed by atoms with Crippen LogP contribution in [-0.2, 0) is 6.42 Å². The highest BCUT2D eigenvalue weighted by Gasteiger charge is 2.34. The van der Waals surface area contributed by atoms with Crippen LogP contribution in [-0.4, -0.2) is 16.7 Å². The number of hydrogen-bond donors (Lipinski definition) is 2. The number of nitrogens with zero attached hydrogens (tertiary/aromatic N) is 2. The maximum Gasteiger partial charge on any atom is 0.100 e. The van der Waals surface area contributed by atoms with Crippen LogP contribution in [0.4, 0.5) is 0 Å². The van der Waals surface area contributed by atoms with Crippen molar-refractivity contribution in [1.82, 2.24) is 15.6 Å². The number of pyridine rings is 1. The van der Waals surface area contributed by atoms with Gasteiger partial charge in [-0.25, -0.2) is 0 Å². The molecule has 242 valence electrons. The fourth-order valence-corrected chi connectivity index (χ4v) is 8.43. The molecule has 2 N–H and O–H groups in total. The van der Waals surface area contributed by atoms with Crippen LogP contribution < -0.4 is 10.6 Å². The van der Waals surface area contributed by atoms with Gasteiger partial charge in [0.05, 0.1) is 35.2 Å². The summed E-state index contributed by atoms with van der Waals surface area (Å²) in [4.78, 5) is 10.5. The van der Waals surface area contributed by atoms with Gasteiger partial charge in [-0.2, -0.15) is 0 Å². The van der Waals surface area contributed by atoms with Crippen molar-refractivity contribution in [2.24, 2.45) is 16.8 Å². The summed E-state index contributed by atoms with van der Waals surface area (Å²) in [6, 6.07) is 39.8. The average Bonchev–Trinajstić information content (AvgIpc) is 3.20. The summed E-state index contributed by atoms with van der Waals surface area (Å²) in [5.74, 6) is 0.710. The van der Waals surface area contributed by atoms with Crippen LogP contribution in [0.5, 0.6) is 0 Å². The maximum atomic E-state index is 5.27. The summed E-state index contributed by atoms with van der Waals surface area (Å²) in [6.45, 7) is 0. The van der Waals surface area contributed by atoms with Crippen molar-refractivity contribution in [3.63, 3.8) is 0 Å². The minimum absolute atomic E-state index is 0.0471. The second kappa shape index (κ2) is 12.1. The van der Waals surface area contributed by atoms with Gasteiger partial charge in [-0.3, -0.25) is 15.3 Å². The first-order valence-corrected chi connectivity index (χ1v) is 18.0. The Morgan fingerprint density at radius 1 is 0.620 bits per heavy atom. The van der Waals surface area contributed by atoms with Gasteiger partial charge in [-0.1, -0.05) is 134 Å². The van der Waals surface area contributed by atoms with Crippen molar-refractivity contribution >= 4 is 16.5 Å². The Morgan fingerprint density at radius 3 is 2.18 bits per heavy atom. The number of aromatic nitrogens is 1. The number of dihydropyridines is 2. The molecule has 0 saturated heterocycles. The lowest BCUT2D eigenvalue weighted by atomic mass is 9.79. The lowest BCUT2D eigenvalue weighted by Gasteiger charge is -2.37. The van der Waals surface area contributed by atoms with Crippen LogP contribution in [0.3, 0.4) is 0 Å². The van der Waals surface area contributed by atoms with E-state index in [9.17, 15) is 0 Å². The molecule has 5 aliphatic rings. The Balaban J connectivity index is 0.920. The van der Waals surface area contributed by atoms with Crippen LogP contribution in [0.1, 0.15) is 52.5 Å². The summed E-state index contributed by atoms with van der Waals surface area (Å²) >= 11 is 0. The Kier molecular flexibility index (Phi) is 7.09. The first-order chi connectivity index (χ1) is 24.7. The minimum Gasteiger partial charge on any atom is -0.376 e. The third-order valence-corrected chi connectivity index (χ3v) is 11.1. The van der Waals surface area contributed by atoms with E-state index in [1.807, 2.05) is 0 Å². The molecule has 4 heterocycles. The molecule has 0 saturated carbocycles. The fourth-order valence-electron chi connectivity index (χ4n) is 8.43. The van der Waals surface area contributed by atoms with E-state index in [0.717, 1.165) is 29.8 Å². The van der Waals surface area contributed by atoms with Gasteiger partial charge < -0.3 is 5.32 Å². The quantitative estimate of drug-likeness (QED) is 0.191. The molecule has 50 heavy (non-hydrogen) atoms. The number of rotatable bonds is 4. The topological polar surface area (TPSA) is 49.3 Å². The lowest BCUT2D eigenvalue weighted by molar-refractivity contribution is 0.332. The number of aryl methyl sites for hydroxylation is 1. The van der Waals surface area contributed by atoms with Gasteiger partial charge >= 0.3 is 0 Å². The number of fused-ring (bicyclic) bond motifs is 6. The predicted octanol–water partition coefficient (Wildman–Crippen LogP) is 9.47. The van der Waals surface area contributed by atoms with Crippen LogP contribution in [0.2, 0.25) is 0 Å². The van der Waals surface area contributed by atoms with Crippen LogP contribution >= 0.6 is 0 Å². The summed E-state index contributed by atoms with van der Waals surface area (Å²) in [6.07, 6.45) is 20.6. The fraction of sp³-hybridized carbons (Fsp3) is 0.174. The lowest BCUT2D eigenvalue weighted by Crippen LogP contribution is -2.37. The number of allylic oxidation sites excluding steroid dienone is 4. The normalized spacial score (nSPS) is 26.0. The molecular weight excluding hydrogens is 609 g/mol. The number of hydrogen-bond acceptors (Lipinski definition) is 4. The van der Waals surface area contributed by atoms with Crippen molar-refractivity contribution in [3.05, 3.63) is 197 Å². The molecule has 10 rings (SSSR count). The van der Waals surface area contributed by atoms with E-state index in [1.165, 1.54) is 50.0 Å². The molecule has 6 atom stereocenters. The Labute approximate surface area is 293 Å². The van der Waals surface area contributed by atoms with Gasteiger partial charge in [0.15, 0.2) is 0 Å². The van der Waals surface area contributed by atoms with E-state index in [1.54, 1.807) is 0 Å². The van der Waals surface area contributed by atoms with Crippen LogP contribution in [0.15, 0.2) is 174 Å². The molecule has 6 unspecified atom stereocenters. The molecule has 5 aromatic rings. The third-order valence-electron chi connectivity index (χ3n) is 11.1. The SMILES string of the molecule is C1=CC2C=CC3=C(NC(c4ccc5ccc(C6C=CC7CCc8ccc(-c9ccccc9)nc8C7N6)cc5c4)C=C3)C2N=C1c1ccccc1. The highest BCUT2D eigenvalue weighted by atomic mass is 15.0. The van der Waals surface area contributed by atoms with E-state index in [0.29, 0.717) is 5.92 Å². The van der Waals surface area contributed by atoms with Gasteiger partial charge in [-0.05, 0) is 81.6 Å². The van der Waals surface area contributed by atoms with Crippen molar-refractivity contribution < 1.29 is 0 Å². The molecule has 2 aliphatic carbocycles. The van der Waals surface area contributed by atoms with Crippen LogP contribution in [0, 0.1) is 11.8 Å². The molecule has 0 radical (unpaired) electrons. The highest BCUT2D eigenvalue weighted by molar-refractivity contribution is 6.09. The zero-order valence-electron chi connectivity index (χ0n) is 27.8. The second-order valence-electron chi connectivity index (χ2n) is 14.2. The number of aliphatic imine (C=N–C) groups is 1. The van der Waals surface area contributed by atoms with Gasteiger partial charge in [0.1, 0.15) is 6.04 Å². The monoisotopic (exact) mass is 646 g/mol. The minimum atomic E-state index is 0.0471. The summed E-state index contributed by atoms with van der Waals surface area (Å²) in [7, 11) is 0. The second-order valence-corrected chi connectivity index (χ2v) is 14.2. The van der Waals surface area contributed by atoms with Gasteiger partial charge in [0.25, 0.3) is 0 Å². The third kappa shape index (κ3) is 5.19. The molecule has 0 spiro atoms. The Morgan fingerprint density at radius 2 is 1.36 bits per heavy atom. The van der Waals surface area contributed by atoms with E-state index >= 15 is 0 Å². The first kappa shape index (κ1) is 29.3. The van der Waals surface area contributed by atoms with Crippen molar-refractivity contribution in [2.45, 2.75) is 37.0 Å². The maximum absolute atomic E-state index is 5.27. The first-order valence-electron chi connectivity index (χ1n) is 18.0. The summed E-state index contributed by atoms with van der Waals surface area (Å²) in [5.41, 5.74) is 12.0. The van der Waals surface area contributed by atoms with Crippen molar-refractivity contribution in [1.29, 1.82) is 0 Å². The van der Waals surface area contributed by atoms with Crippen molar-refractivity contribution in [2.75, 3.05) is 0 Å². The summed E-state index contributed by atoms with van der Waals surface area (Å²) < 4.78 is 0. The van der Waals surface area contributed by atoms with E-state index in [-0.39, 0.29) is 30.1 Å². The Hall–Kier alpha value is -5.58. The molecule has 4 nitrogen and oxygen atoms in total. The smallest absolute Gasteiger partial charge is 0.100 e. The molecular formula is C46H38N4. The molecule has 0 fully saturated rings. The van der Waals surface area contributed by atoms with Gasteiger partial charge in [0, 0.05) is 17.2 Å². The molecule has 0 amide bonds. The van der Waals surface area contributed by atoms with Gasteiger partial charge in [-0.15, -0.1) is 0 Å². The predicted molar refractivity (Wildman–Crippen MR) is 204 cm³/mol. The standard InChI is InChI=1S/C46H38N4/c1-3-7-30(8-4-1)39-23-19-32-13-15-34-21-25-41(49-45(34)43(32)47-39)36-17-11-29-12-18-37(28-38(29)27-36)42-26-22-35-16-14-33-20-24-40(31-9-5-2-6-10-31)48-44(33)46(35)50-42/h1-13,15,17-28,32,35,41-43,46,49-50H,14,16H2. The number of benzene rings is 4. The highest BCUT2D eigenvalue weighted by Crippen LogP contribution is 2.41. The zero-order chi connectivity index (χ0) is 33.0. The van der Waals surface area contributed by atoms with Crippen molar-refractivity contribution in [3.8, 4) is 11.3 Å². The summed E-state index contributed by atoms with van der Waals surface area (Å²) in [5, 5.41) is 10.4. The van der Waals surface area contributed by atoms with E-state index < -0.39 is 0 Å². The van der Waals surface area contributed by atoms with E-state index in [2.05, 4.69) is 168 Å². The zero-order valence-corrected chi connectivity index (χ0v) is 27.8. The molecule has 4 aromatic carbocycles. The largest absolute Gasteiger partial charge is 0.376 e. The molecule has 4 heteroatoms.